The largest absolute Gasteiger partial charge is 0.506 e. The summed E-state index contributed by atoms with van der Waals surface area (Å²) in [5.74, 6) is 0.184. The van der Waals surface area contributed by atoms with E-state index < -0.39 is 0 Å². The molecule has 1 aliphatic heterocycles. The molecule has 1 aliphatic rings. The molecule has 0 saturated carbocycles. The minimum Gasteiger partial charge on any atom is -0.506 e. The Morgan fingerprint density at radius 3 is 2.71 bits per heavy atom. The van der Waals surface area contributed by atoms with Crippen molar-refractivity contribution in [1.29, 1.82) is 0 Å². The van der Waals surface area contributed by atoms with Gasteiger partial charge in [-0.05, 0) is 47.5 Å². The van der Waals surface area contributed by atoms with Crippen LogP contribution in [0, 0.1) is 0 Å². The van der Waals surface area contributed by atoms with Gasteiger partial charge < -0.3 is 20.5 Å². The van der Waals surface area contributed by atoms with Gasteiger partial charge in [-0.3, -0.25) is 4.79 Å². The van der Waals surface area contributed by atoms with Gasteiger partial charge in [0.1, 0.15) is 5.75 Å². The number of likely N-dealkylation sites (N-methyl/N-ethyl adjacent to an activating group) is 1. The highest BCUT2D eigenvalue weighted by Gasteiger charge is 2.25. The fourth-order valence-corrected chi connectivity index (χ4v) is 4.67. The van der Waals surface area contributed by atoms with Crippen LogP contribution in [0.5, 0.6) is 5.75 Å². The number of benzene rings is 3. The molecule has 0 amide bonds. The van der Waals surface area contributed by atoms with Crippen LogP contribution in [0.1, 0.15) is 22.6 Å². The van der Waals surface area contributed by atoms with E-state index in [0.29, 0.717) is 21.5 Å². The van der Waals surface area contributed by atoms with Gasteiger partial charge in [0.05, 0.1) is 11.1 Å². The topological polar surface area (TPSA) is 87.8 Å². The van der Waals surface area contributed by atoms with Crippen LogP contribution < -0.4 is 5.56 Å². The summed E-state index contributed by atoms with van der Waals surface area (Å²) >= 11 is 6.03. The van der Waals surface area contributed by atoms with Crippen molar-refractivity contribution in [3.8, 4) is 16.9 Å². The predicted octanol–water partition coefficient (Wildman–Crippen LogP) is 4.31. The number of aromatic amines is 1. The Balaban J connectivity index is 0.00000231. The molecule has 1 unspecified atom stereocenters. The normalized spacial score (nSPS) is 16.0. The van der Waals surface area contributed by atoms with Gasteiger partial charge in [0.15, 0.2) is 0 Å². The third-order valence-electron chi connectivity index (χ3n) is 5.89. The minimum absolute atomic E-state index is 0. The van der Waals surface area contributed by atoms with Gasteiger partial charge in [-0.25, -0.2) is 0 Å². The Morgan fingerprint density at radius 2 is 1.87 bits per heavy atom. The van der Waals surface area contributed by atoms with Crippen molar-refractivity contribution in [2.45, 2.75) is 12.5 Å². The van der Waals surface area contributed by atoms with Gasteiger partial charge in [-0.1, -0.05) is 60.1 Å². The van der Waals surface area contributed by atoms with E-state index in [4.69, 9.17) is 11.6 Å². The van der Waals surface area contributed by atoms with Gasteiger partial charge >= 0.3 is 0 Å². The second-order valence-electron chi connectivity index (χ2n) is 7.94. The number of nitrogens with zero attached hydrogens (tertiary/aromatic N) is 1. The molecule has 0 fully saturated rings. The lowest BCUT2D eigenvalue weighted by molar-refractivity contribution is 0.295. The van der Waals surface area contributed by atoms with Crippen molar-refractivity contribution >= 4 is 22.5 Å². The molecule has 0 spiro atoms. The van der Waals surface area contributed by atoms with Gasteiger partial charge in [0.25, 0.3) is 5.56 Å². The summed E-state index contributed by atoms with van der Waals surface area (Å²) in [5, 5.41) is 12.0. The molecule has 3 aromatic carbocycles. The van der Waals surface area contributed by atoms with Crippen LogP contribution in [0.2, 0.25) is 5.02 Å². The number of H-pyrrole nitrogens is 1. The molecule has 1 atom stereocenters. The molecule has 6 heteroatoms. The van der Waals surface area contributed by atoms with E-state index in [2.05, 4.69) is 47.3 Å². The number of halogens is 1. The molecular formula is C25H23ClN2O3. The van der Waals surface area contributed by atoms with Gasteiger partial charge in [-0.15, -0.1) is 0 Å². The fraction of sp³-hybridized carbons (Fsp3) is 0.160. The van der Waals surface area contributed by atoms with Crippen LogP contribution in [0.15, 0.2) is 71.5 Å². The highest BCUT2D eigenvalue weighted by atomic mass is 35.5. The number of pyridine rings is 1. The third-order valence-corrected chi connectivity index (χ3v) is 6.13. The maximum absolute atomic E-state index is 12.8. The molecule has 2 heterocycles. The number of fused-ring (bicyclic) bond motifs is 2. The number of rotatable bonds is 2. The van der Waals surface area contributed by atoms with Crippen LogP contribution in [0.4, 0.5) is 0 Å². The van der Waals surface area contributed by atoms with E-state index in [-0.39, 0.29) is 28.3 Å². The number of aromatic hydroxyl groups is 1. The lowest BCUT2D eigenvalue weighted by Crippen LogP contribution is -2.30. The van der Waals surface area contributed by atoms with E-state index >= 15 is 0 Å². The van der Waals surface area contributed by atoms with E-state index in [1.165, 1.54) is 11.1 Å². The molecule has 0 bridgehead atoms. The quantitative estimate of drug-likeness (QED) is 0.492. The molecular weight excluding hydrogens is 412 g/mol. The molecule has 0 saturated heterocycles. The smallest absolute Gasteiger partial charge is 0.260 e. The summed E-state index contributed by atoms with van der Waals surface area (Å²) in [5.41, 5.74) is 4.94. The second-order valence-corrected chi connectivity index (χ2v) is 8.38. The summed E-state index contributed by atoms with van der Waals surface area (Å²) in [6.07, 6.45) is 0. The Kier molecular flexibility index (Phi) is 5.58. The average Bonchev–Trinajstić information content (AvgIpc) is 2.73. The first-order chi connectivity index (χ1) is 14.5. The maximum Gasteiger partial charge on any atom is 0.260 e. The zero-order valence-electron chi connectivity index (χ0n) is 17.0. The van der Waals surface area contributed by atoms with Crippen LogP contribution in [-0.4, -0.2) is 34.1 Å². The van der Waals surface area contributed by atoms with Gasteiger partial charge in [0, 0.05) is 29.4 Å². The summed E-state index contributed by atoms with van der Waals surface area (Å²) in [4.78, 5) is 18.0. The second kappa shape index (κ2) is 8.19. The molecule has 1 aromatic heterocycles. The monoisotopic (exact) mass is 434 g/mol. The Bertz CT molecular complexity index is 1330. The lowest BCUT2D eigenvalue weighted by atomic mass is 9.84. The predicted molar refractivity (Wildman–Crippen MR) is 125 cm³/mol. The van der Waals surface area contributed by atoms with E-state index in [9.17, 15) is 9.90 Å². The Morgan fingerprint density at radius 1 is 1.06 bits per heavy atom. The molecule has 0 aliphatic carbocycles. The molecule has 5 rings (SSSR count). The average molecular weight is 435 g/mol. The highest BCUT2D eigenvalue weighted by molar-refractivity contribution is 6.31. The number of hydrogen-bond donors (Lipinski definition) is 2. The number of nitrogens with one attached hydrogen (secondary N) is 1. The zero-order chi connectivity index (χ0) is 20.8. The van der Waals surface area contributed by atoms with Crippen LogP contribution >= 0.6 is 11.6 Å². The van der Waals surface area contributed by atoms with Crippen molar-refractivity contribution < 1.29 is 10.6 Å². The molecule has 5 nitrogen and oxygen atoms in total. The number of hydrogen-bond acceptors (Lipinski definition) is 3. The first-order valence-corrected chi connectivity index (χ1v) is 10.3. The van der Waals surface area contributed by atoms with Gasteiger partial charge in [0.2, 0.25) is 0 Å². The van der Waals surface area contributed by atoms with E-state index in [0.717, 1.165) is 18.7 Å². The molecule has 4 aromatic rings. The van der Waals surface area contributed by atoms with Crippen molar-refractivity contribution in [3.63, 3.8) is 0 Å². The molecule has 158 valence electrons. The standard InChI is InChI=1S/C25H21ClN2O2.H2O/c1-28-13-17-5-2-3-8-19(17)21(14-28)15-6-4-7-16(11-15)23-24(29)20-10-9-18(26)12-22(20)27-25(23)30;/h2-12,21H,13-14H2,1H3,(H2,27,29,30);1H2. The van der Waals surface area contributed by atoms with Crippen LogP contribution in [0.25, 0.3) is 22.0 Å². The van der Waals surface area contributed by atoms with Crippen molar-refractivity contribution in [3.05, 3.63) is 98.8 Å². The third kappa shape index (κ3) is 3.72. The summed E-state index contributed by atoms with van der Waals surface area (Å²) in [6, 6.07) is 21.5. The van der Waals surface area contributed by atoms with Crippen molar-refractivity contribution in [1.82, 2.24) is 9.88 Å². The van der Waals surface area contributed by atoms with E-state index in [1.54, 1.807) is 18.2 Å². The van der Waals surface area contributed by atoms with Gasteiger partial charge in [-0.2, -0.15) is 0 Å². The van der Waals surface area contributed by atoms with Crippen molar-refractivity contribution in [2.24, 2.45) is 0 Å². The Hall–Kier alpha value is -3.12. The lowest BCUT2D eigenvalue weighted by Gasteiger charge is -2.32. The molecule has 31 heavy (non-hydrogen) atoms. The summed E-state index contributed by atoms with van der Waals surface area (Å²) < 4.78 is 0. The SMILES string of the molecule is CN1Cc2ccccc2C(c2cccc(-c3c(O)c4ccc(Cl)cc4[nH]c3=O)c2)C1.O. The Labute approximate surface area is 184 Å². The first kappa shape index (κ1) is 21.1. The minimum atomic E-state index is -0.333. The van der Waals surface area contributed by atoms with Crippen LogP contribution in [0.3, 0.4) is 0 Å². The molecule has 4 N–H and O–H groups in total. The fourth-order valence-electron chi connectivity index (χ4n) is 4.50. The van der Waals surface area contributed by atoms with E-state index in [1.807, 2.05) is 18.2 Å². The molecule has 0 radical (unpaired) electrons. The number of aromatic nitrogens is 1. The highest BCUT2D eigenvalue weighted by Crippen LogP contribution is 2.37. The summed E-state index contributed by atoms with van der Waals surface area (Å²) in [6.45, 7) is 1.83. The van der Waals surface area contributed by atoms with Crippen LogP contribution in [-0.2, 0) is 6.54 Å². The first-order valence-electron chi connectivity index (χ1n) is 9.92. The zero-order valence-corrected chi connectivity index (χ0v) is 17.8. The summed E-state index contributed by atoms with van der Waals surface area (Å²) in [7, 11) is 2.12. The maximum atomic E-state index is 12.8. The van der Waals surface area contributed by atoms with Crippen molar-refractivity contribution in [2.75, 3.05) is 13.6 Å².